The maximum Gasteiger partial charge on any atom is 0.227 e. The molecule has 0 radical (unpaired) electrons. The number of nitrogens with two attached hydrogens (primary N) is 1. The Labute approximate surface area is 185 Å². The molecule has 3 heterocycles. The fourth-order valence-corrected chi connectivity index (χ4v) is 4.13. The van der Waals surface area contributed by atoms with Crippen LogP contribution in [0.3, 0.4) is 0 Å². The average Bonchev–Trinajstić information content (AvgIpc) is 3.02. The number of aromatic nitrogens is 1. The fraction of sp³-hybridized carbons (Fsp3) is 0.476. The van der Waals surface area contributed by atoms with Gasteiger partial charge in [0.25, 0.3) is 0 Å². The lowest BCUT2D eigenvalue weighted by Gasteiger charge is -2.30. The van der Waals surface area contributed by atoms with Crippen LogP contribution in [0.15, 0.2) is 22.6 Å². The van der Waals surface area contributed by atoms with Crippen molar-refractivity contribution in [3.63, 3.8) is 0 Å². The molecule has 2 aliphatic rings. The summed E-state index contributed by atoms with van der Waals surface area (Å²) >= 11 is 0. The predicted octanol–water partition coefficient (Wildman–Crippen LogP) is 2.51. The summed E-state index contributed by atoms with van der Waals surface area (Å²) in [5, 5.41) is 0. The second kappa shape index (κ2) is 9.32. The van der Waals surface area contributed by atoms with Gasteiger partial charge in [-0.3, -0.25) is 9.59 Å². The number of fused-ring (bicyclic) bond motifs is 1. The first-order valence-corrected chi connectivity index (χ1v) is 10.0. The molecule has 2 amide bonds. The Bertz CT molecular complexity index is 963. The zero-order valence-corrected chi connectivity index (χ0v) is 18.0. The Morgan fingerprint density at radius 2 is 1.84 bits per heavy atom. The number of carbonyl (C=O) groups is 2. The molecule has 1 fully saturated rings. The molecule has 7 nitrogen and oxygen atoms in total. The van der Waals surface area contributed by atoms with E-state index in [0.717, 1.165) is 18.2 Å². The molecule has 4 rings (SSSR count). The van der Waals surface area contributed by atoms with Crippen LogP contribution in [-0.2, 0) is 22.6 Å². The highest BCUT2D eigenvalue weighted by atomic mass is 35.5. The molecule has 2 aliphatic heterocycles. The quantitative estimate of drug-likeness (QED) is 0.752. The van der Waals surface area contributed by atoms with Gasteiger partial charge in [0.05, 0.1) is 12.5 Å². The van der Waals surface area contributed by atoms with Gasteiger partial charge in [-0.1, -0.05) is 0 Å². The van der Waals surface area contributed by atoms with Gasteiger partial charge in [0.2, 0.25) is 17.7 Å². The van der Waals surface area contributed by atoms with Gasteiger partial charge in [-0.05, 0) is 25.0 Å². The van der Waals surface area contributed by atoms with Crippen molar-refractivity contribution in [2.24, 2.45) is 11.7 Å². The second-order valence-electron chi connectivity index (χ2n) is 8.02. The van der Waals surface area contributed by atoms with Gasteiger partial charge < -0.3 is 20.0 Å². The summed E-state index contributed by atoms with van der Waals surface area (Å²) in [5.41, 5.74) is 6.86. The molecule has 0 aliphatic carbocycles. The van der Waals surface area contributed by atoms with Crippen LogP contribution in [0.1, 0.15) is 31.2 Å². The molecule has 2 atom stereocenters. The number of rotatable bonds is 2. The minimum Gasteiger partial charge on any atom is -0.441 e. The Morgan fingerprint density at radius 3 is 2.52 bits per heavy atom. The number of amides is 2. The van der Waals surface area contributed by atoms with E-state index in [9.17, 15) is 18.4 Å². The monoisotopic (exact) mass is 454 g/mol. The molecule has 2 aromatic rings. The molecule has 0 bridgehead atoms. The minimum absolute atomic E-state index is 0. The minimum atomic E-state index is -0.709. The van der Waals surface area contributed by atoms with E-state index >= 15 is 0 Å². The van der Waals surface area contributed by atoms with E-state index in [2.05, 4.69) is 4.98 Å². The van der Waals surface area contributed by atoms with E-state index in [0.29, 0.717) is 50.4 Å². The summed E-state index contributed by atoms with van der Waals surface area (Å²) in [5.74, 6) is -1.11. The van der Waals surface area contributed by atoms with Gasteiger partial charge in [-0.15, -0.1) is 12.4 Å². The Balaban J connectivity index is 0.00000272. The topological polar surface area (TPSA) is 92.7 Å². The Kier molecular flexibility index (Phi) is 6.96. The van der Waals surface area contributed by atoms with Crippen LogP contribution >= 0.6 is 12.4 Å². The van der Waals surface area contributed by atoms with E-state index in [4.69, 9.17) is 10.2 Å². The molecule has 1 aromatic heterocycles. The maximum absolute atomic E-state index is 13.5. The van der Waals surface area contributed by atoms with Crippen molar-refractivity contribution in [3.8, 4) is 11.5 Å². The number of likely N-dealkylation sites (tertiary alicyclic amines) is 1. The summed E-state index contributed by atoms with van der Waals surface area (Å²) < 4.78 is 32.7. The zero-order valence-electron chi connectivity index (χ0n) is 17.1. The van der Waals surface area contributed by atoms with Gasteiger partial charge >= 0.3 is 0 Å². The Hall–Kier alpha value is -2.52. The third-order valence-electron chi connectivity index (χ3n) is 5.72. The molecule has 0 spiro atoms. The van der Waals surface area contributed by atoms with Crippen LogP contribution in [-0.4, -0.2) is 52.3 Å². The number of benzene rings is 1. The summed E-state index contributed by atoms with van der Waals surface area (Å²) in [4.78, 5) is 32.7. The van der Waals surface area contributed by atoms with E-state index in [-0.39, 0.29) is 54.2 Å². The number of nitrogens with zero attached hydrogens (tertiary/aromatic N) is 3. The fourth-order valence-electron chi connectivity index (χ4n) is 4.13. The molecule has 1 aromatic carbocycles. The highest BCUT2D eigenvalue weighted by Crippen LogP contribution is 2.29. The van der Waals surface area contributed by atoms with Crippen LogP contribution in [0.4, 0.5) is 8.78 Å². The predicted molar refractivity (Wildman–Crippen MR) is 111 cm³/mol. The molecule has 31 heavy (non-hydrogen) atoms. The third kappa shape index (κ3) is 5.04. The first-order chi connectivity index (χ1) is 14.3. The van der Waals surface area contributed by atoms with Gasteiger partial charge in [-0.2, -0.15) is 0 Å². The number of hydrogen-bond donors (Lipinski definition) is 1. The highest BCUT2D eigenvalue weighted by Gasteiger charge is 2.33. The number of oxazole rings is 1. The van der Waals surface area contributed by atoms with Crippen molar-refractivity contribution >= 4 is 24.2 Å². The molecule has 168 valence electrons. The summed E-state index contributed by atoms with van der Waals surface area (Å²) in [6.07, 6.45) is 1.77. The maximum atomic E-state index is 13.5. The lowest BCUT2D eigenvalue weighted by atomic mass is 9.99. The molecule has 2 N–H and O–H groups in total. The van der Waals surface area contributed by atoms with Crippen molar-refractivity contribution in [1.29, 1.82) is 0 Å². The number of carbonyl (C=O) groups excluding carboxylic acids is 2. The Morgan fingerprint density at radius 1 is 1.13 bits per heavy atom. The van der Waals surface area contributed by atoms with Crippen molar-refractivity contribution < 1.29 is 22.8 Å². The first-order valence-electron chi connectivity index (χ1n) is 10.0. The van der Waals surface area contributed by atoms with E-state index < -0.39 is 11.6 Å². The molecule has 10 heteroatoms. The van der Waals surface area contributed by atoms with Gasteiger partial charge in [0.1, 0.15) is 23.1 Å². The number of halogens is 3. The van der Waals surface area contributed by atoms with Crippen LogP contribution in [0.2, 0.25) is 0 Å². The first kappa shape index (κ1) is 23.1. The van der Waals surface area contributed by atoms with Gasteiger partial charge in [0.15, 0.2) is 0 Å². The zero-order chi connectivity index (χ0) is 21.4. The van der Waals surface area contributed by atoms with E-state index in [1.807, 2.05) is 0 Å². The van der Waals surface area contributed by atoms with Crippen LogP contribution in [0.5, 0.6) is 0 Å². The van der Waals surface area contributed by atoms with Crippen molar-refractivity contribution in [3.05, 3.63) is 41.3 Å². The van der Waals surface area contributed by atoms with Crippen molar-refractivity contribution in [1.82, 2.24) is 14.8 Å². The molecule has 1 saturated heterocycles. The van der Waals surface area contributed by atoms with Crippen LogP contribution in [0.25, 0.3) is 11.5 Å². The normalized spacial score (nSPS) is 21.2. The number of hydrogen-bond acceptors (Lipinski definition) is 5. The SMILES string of the molecule is CC(=O)N1C[C@H](N)CC[C@H](C(=O)N2CCc3oc(-c4cc(F)cc(F)c4)nc3C2)C1.Cl. The second-order valence-corrected chi connectivity index (χ2v) is 8.02. The average molecular weight is 455 g/mol. The third-order valence-corrected chi connectivity index (χ3v) is 5.72. The smallest absolute Gasteiger partial charge is 0.227 e. The van der Waals surface area contributed by atoms with Crippen molar-refractivity contribution in [2.45, 2.75) is 38.8 Å². The van der Waals surface area contributed by atoms with E-state index in [1.54, 1.807) is 9.80 Å². The molecule has 0 saturated carbocycles. The summed E-state index contributed by atoms with van der Waals surface area (Å²) in [6.45, 7) is 3.02. The van der Waals surface area contributed by atoms with Crippen LogP contribution in [0, 0.1) is 17.6 Å². The lowest BCUT2D eigenvalue weighted by molar-refractivity contribution is -0.138. The van der Waals surface area contributed by atoms with Gasteiger partial charge in [0, 0.05) is 50.7 Å². The molecule has 0 unspecified atom stereocenters. The lowest BCUT2D eigenvalue weighted by Crippen LogP contribution is -2.44. The molecular weight excluding hydrogens is 430 g/mol. The largest absolute Gasteiger partial charge is 0.441 e. The van der Waals surface area contributed by atoms with E-state index in [1.165, 1.54) is 6.92 Å². The highest BCUT2D eigenvalue weighted by molar-refractivity contribution is 5.85. The van der Waals surface area contributed by atoms with Crippen molar-refractivity contribution in [2.75, 3.05) is 19.6 Å². The standard InChI is InChI=1S/C21H24F2N4O3.ClH/c1-12(28)27-9-13(2-3-17(24)10-27)21(29)26-5-4-19-18(11-26)25-20(30-19)14-6-15(22)8-16(23)7-14;/h6-8,13,17H,2-5,9-11,24H2,1H3;1H/t13-,17+;/m0./s1. The van der Waals surface area contributed by atoms with Gasteiger partial charge in [-0.25, -0.2) is 13.8 Å². The molecular formula is C21H25ClF2N4O3. The summed E-state index contributed by atoms with van der Waals surface area (Å²) in [7, 11) is 0. The summed E-state index contributed by atoms with van der Waals surface area (Å²) in [6, 6.07) is 2.97. The van der Waals surface area contributed by atoms with Crippen LogP contribution < -0.4 is 5.73 Å².